The van der Waals surface area contributed by atoms with Gasteiger partial charge in [-0.1, -0.05) is 18.5 Å². The summed E-state index contributed by atoms with van der Waals surface area (Å²) in [6.45, 7) is 2.15. The summed E-state index contributed by atoms with van der Waals surface area (Å²) in [6, 6.07) is 4.31. The lowest BCUT2D eigenvalue weighted by Crippen LogP contribution is -1.88. The fourth-order valence-electron chi connectivity index (χ4n) is 1.58. The maximum Gasteiger partial charge on any atom is 0.0591 e. The summed E-state index contributed by atoms with van der Waals surface area (Å²) in [6.07, 6.45) is 1.02. The van der Waals surface area contributed by atoms with Gasteiger partial charge in [-0.2, -0.15) is 0 Å². The third-order valence-electron chi connectivity index (χ3n) is 2.37. The maximum atomic E-state index is 6.06. The highest BCUT2D eigenvalue weighted by molar-refractivity contribution is 7.17. The summed E-state index contributed by atoms with van der Waals surface area (Å²) < 4.78 is 1.25. The molecule has 2 aromatic rings. The van der Waals surface area contributed by atoms with Crippen molar-refractivity contribution in [2.75, 3.05) is 0 Å². The van der Waals surface area contributed by atoms with Crippen molar-refractivity contribution in [1.82, 2.24) is 0 Å². The number of thiophene rings is 1. The van der Waals surface area contributed by atoms with Gasteiger partial charge in [-0.25, -0.2) is 0 Å². The van der Waals surface area contributed by atoms with E-state index in [4.69, 9.17) is 23.2 Å². The van der Waals surface area contributed by atoms with Crippen molar-refractivity contribution in [2.45, 2.75) is 19.2 Å². The highest BCUT2D eigenvalue weighted by atomic mass is 35.5. The average Bonchev–Trinajstić information content (AvgIpc) is 2.58. The summed E-state index contributed by atoms with van der Waals surface area (Å²) >= 11 is 13.6. The quantitative estimate of drug-likeness (QED) is 0.663. The van der Waals surface area contributed by atoms with E-state index < -0.39 is 0 Å². The Hall–Kier alpha value is -0.240. The highest BCUT2D eigenvalue weighted by Crippen LogP contribution is 2.32. The van der Waals surface area contributed by atoms with Crippen molar-refractivity contribution in [3.63, 3.8) is 0 Å². The van der Waals surface area contributed by atoms with E-state index in [0.717, 1.165) is 16.8 Å². The van der Waals surface area contributed by atoms with E-state index >= 15 is 0 Å². The first-order chi connectivity index (χ1) is 6.76. The van der Waals surface area contributed by atoms with Crippen LogP contribution in [0.25, 0.3) is 10.1 Å². The van der Waals surface area contributed by atoms with Crippen molar-refractivity contribution in [1.29, 1.82) is 0 Å². The van der Waals surface area contributed by atoms with E-state index in [1.807, 2.05) is 5.38 Å². The number of alkyl halides is 1. The van der Waals surface area contributed by atoms with E-state index in [0.29, 0.717) is 5.88 Å². The number of hydrogen-bond donors (Lipinski definition) is 0. The number of fused-ring (bicyclic) bond motifs is 1. The molecule has 0 spiro atoms. The molecular formula is C11H10Cl2S. The predicted octanol–water partition coefficient (Wildman–Crippen LogP) is 4.86. The van der Waals surface area contributed by atoms with Crippen molar-refractivity contribution in [2.24, 2.45) is 0 Å². The molecule has 1 aromatic carbocycles. The molecule has 0 unspecified atom stereocenters. The van der Waals surface area contributed by atoms with Gasteiger partial charge in [0, 0.05) is 21.3 Å². The summed E-state index contributed by atoms with van der Waals surface area (Å²) in [4.78, 5) is 0. The summed E-state index contributed by atoms with van der Waals surface area (Å²) in [5, 5.41) is 3.94. The molecule has 3 heteroatoms. The van der Waals surface area contributed by atoms with Gasteiger partial charge in [0.05, 0.1) is 5.02 Å². The second kappa shape index (κ2) is 4.09. The second-order valence-corrected chi connectivity index (χ2v) is 4.77. The Balaban J connectivity index is 2.71. The van der Waals surface area contributed by atoms with Gasteiger partial charge in [0.1, 0.15) is 0 Å². The average molecular weight is 245 g/mol. The Labute approximate surface area is 97.5 Å². The van der Waals surface area contributed by atoms with Crippen LogP contribution in [-0.4, -0.2) is 0 Å². The molecule has 0 amide bonds. The summed E-state index contributed by atoms with van der Waals surface area (Å²) in [5.41, 5.74) is 2.52. The number of benzene rings is 1. The van der Waals surface area contributed by atoms with E-state index in [9.17, 15) is 0 Å². The Kier molecular flexibility index (Phi) is 3.01. The SMILES string of the molecule is CCc1cc2scc(Cl)c2cc1CCl. The van der Waals surface area contributed by atoms with Crippen LogP contribution in [0, 0.1) is 0 Å². The largest absolute Gasteiger partial charge is 0.142 e. The molecule has 0 bridgehead atoms. The molecule has 14 heavy (non-hydrogen) atoms. The fourth-order valence-corrected chi connectivity index (χ4v) is 3.04. The summed E-state index contributed by atoms with van der Waals surface area (Å²) in [7, 11) is 0. The normalized spacial score (nSPS) is 11.1. The smallest absolute Gasteiger partial charge is 0.0591 e. The third-order valence-corrected chi connectivity index (χ3v) is 4.05. The molecule has 0 radical (unpaired) electrons. The number of aryl methyl sites for hydroxylation is 1. The van der Waals surface area contributed by atoms with Crippen LogP contribution in [0.5, 0.6) is 0 Å². The minimum Gasteiger partial charge on any atom is -0.142 e. The summed E-state index contributed by atoms with van der Waals surface area (Å²) in [5.74, 6) is 0.561. The lowest BCUT2D eigenvalue weighted by Gasteiger charge is -2.04. The first kappa shape index (κ1) is 10.3. The lowest BCUT2D eigenvalue weighted by molar-refractivity contribution is 1.11. The van der Waals surface area contributed by atoms with E-state index in [1.54, 1.807) is 11.3 Å². The molecule has 1 aromatic heterocycles. The zero-order valence-electron chi connectivity index (χ0n) is 7.81. The molecule has 0 aliphatic carbocycles. The molecule has 2 rings (SSSR count). The van der Waals surface area contributed by atoms with Crippen LogP contribution in [0.4, 0.5) is 0 Å². The van der Waals surface area contributed by atoms with Crippen molar-refractivity contribution < 1.29 is 0 Å². The van der Waals surface area contributed by atoms with Gasteiger partial charge in [-0.15, -0.1) is 22.9 Å². The lowest BCUT2D eigenvalue weighted by atomic mass is 10.0. The second-order valence-electron chi connectivity index (χ2n) is 3.19. The van der Waals surface area contributed by atoms with Gasteiger partial charge >= 0.3 is 0 Å². The minimum atomic E-state index is 0.561. The molecule has 0 N–H and O–H groups in total. The van der Waals surface area contributed by atoms with Crippen LogP contribution in [0.2, 0.25) is 5.02 Å². The Morgan fingerprint density at radius 1 is 1.29 bits per heavy atom. The topological polar surface area (TPSA) is 0 Å². The standard InChI is InChI=1S/C11H10Cl2S/c1-2-7-4-11-9(3-8(7)5-12)10(13)6-14-11/h3-4,6H,2,5H2,1H3. The van der Waals surface area contributed by atoms with Crippen LogP contribution < -0.4 is 0 Å². The molecule has 0 saturated carbocycles. The van der Waals surface area contributed by atoms with Gasteiger partial charge in [0.15, 0.2) is 0 Å². The van der Waals surface area contributed by atoms with Crippen molar-refractivity contribution in [3.8, 4) is 0 Å². The number of halogens is 2. The van der Waals surface area contributed by atoms with Gasteiger partial charge in [0.2, 0.25) is 0 Å². The molecule has 0 fully saturated rings. The molecular weight excluding hydrogens is 235 g/mol. The third kappa shape index (κ3) is 1.65. The van der Waals surface area contributed by atoms with Gasteiger partial charge in [0.25, 0.3) is 0 Å². The maximum absolute atomic E-state index is 6.06. The minimum absolute atomic E-state index is 0.561. The molecule has 74 valence electrons. The van der Waals surface area contributed by atoms with Crippen molar-refractivity contribution >= 4 is 44.6 Å². The van der Waals surface area contributed by atoms with E-state index in [1.165, 1.54) is 15.8 Å². The van der Waals surface area contributed by atoms with Crippen LogP contribution in [0.15, 0.2) is 17.5 Å². The van der Waals surface area contributed by atoms with Crippen LogP contribution in [0.3, 0.4) is 0 Å². The molecule has 0 nitrogen and oxygen atoms in total. The Morgan fingerprint density at radius 3 is 2.71 bits per heavy atom. The molecule has 0 atom stereocenters. The fraction of sp³-hybridized carbons (Fsp3) is 0.273. The van der Waals surface area contributed by atoms with Crippen molar-refractivity contribution in [3.05, 3.63) is 33.7 Å². The van der Waals surface area contributed by atoms with Gasteiger partial charge < -0.3 is 0 Å². The van der Waals surface area contributed by atoms with Gasteiger partial charge in [-0.3, -0.25) is 0 Å². The van der Waals surface area contributed by atoms with Gasteiger partial charge in [-0.05, 0) is 29.7 Å². The Bertz CT molecular complexity index is 460. The van der Waals surface area contributed by atoms with E-state index in [-0.39, 0.29) is 0 Å². The Morgan fingerprint density at radius 2 is 2.07 bits per heavy atom. The zero-order chi connectivity index (χ0) is 10.1. The van der Waals surface area contributed by atoms with Crippen LogP contribution in [0.1, 0.15) is 18.1 Å². The predicted molar refractivity (Wildman–Crippen MR) is 65.8 cm³/mol. The zero-order valence-corrected chi connectivity index (χ0v) is 10.1. The number of hydrogen-bond acceptors (Lipinski definition) is 1. The highest BCUT2D eigenvalue weighted by Gasteiger charge is 2.06. The molecule has 0 saturated heterocycles. The van der Waals surface area contributed by atoms with Crippen LogP contribution in [-0.2, 0) is 12.3 Å². The molecule has 0 aliphatic rings. The first-order valence-corrected chi connectivity index (χ1v) is 6.30. The number of rotatable bonds is 2. The first-order valence-electron chi connectivity index (χ1n) is 4.50. The van der Waals surface area contributed by atoms with Crippen LogP contribution >= 0.6 is 34.5 Å². The van der Waals surface area contributed by atoms with E-state index in [2.05, 4.69) is 19.1 Å². The molecule has 0 aliphatic heterocycles. The monoisotopic (exact) mass is 244 g/mol. The molecule has 1 heterocycles.